The number of amides is 2. The predicted molar refractivity (Wildman–Crippen MR) is 123 cm³/mol. The van der Waals surface area contributed by atoms with Crippen LogP contribution >= 0.6 is 35.4 Å². The molecule has 6 nitrogen and oxygen atoms in total. The summed E-state index contributed by atoms with van der Waals surface area (Å²) < 4.78 is 5.16. The van der Waals surface area contributed by atoms with Crippen molar-refractivity contribution in [3.8, 4) is 5.75 Å². The lowest BCUT2D eigenvalue weighted by Crippen LogP contribution is -2.37. The van der Waals surface area contributed by atoms with Crippen molar-refractivity contribution in [2.24, 2.45) is 0 Å². The fourth-order valence-electron chi connectivity index (χ4n) is 3.13. The van der Waals surface area contributed by atoms with Crippen molar-refractivity contribution in [1.82, 2.24) is 4.90 Å². The highest BCUT2D eigenvalue weighted by atomic mass is 35.5. The van der Waals surface area contributed by atoms with E-state index in [1.54, 1.807) is 53.4 Å². The molecule has 1 aliphatic heterocycles. The van der Waals surface area contributed by atoms with E-state index in [2.05, 4.69) is 11.9 Å². The van der Waals surface area contributed by atoms with E-state index in [-0.39, 0.29) is 23.3 Å². The van der Waals surface area contributed by atoms with Gasteiger partial charge >= 0.3 is 0 Å². The second kappa shape index (κ2) is 9.47. The van der Waals surface area contributed by atoms with Gasteiger partial charge in [-0.05, 0) is 54.7 Å². The number of nitrogens with one attached hydrogen (secondary N) is 1. The van der Waals surface area contributed by atoms with Gasteiger partial charge in [0.05, 0.1) is 24.2 Å². The number of hydrogen-bond donors (Lipinski definition) is 1. The Labute approximate surface area is 190 Å². The molecule has 1 aliphatic rings. The van der Waals surface area contributed by atoms with Gasteiger partial charge in [0.15, 0.2) is 5.11 Å². The number of rotatable bonds is 7. The number of nitrogens with zero attached hydrogens (tertiary/aromatic N) is 2. The summed E-state index contributed by atoms with van der Waals surface area (Å²) in [5.41, 5.74) is 1.09. The first-order valence-electron chi connectivity index (χ1n) is 9.00. The van der Waals surface area contributed by atoms with E-state index in [9.17, 15) is 9.59 Å². The summed E-state index contributed by atoms with van der Waals surface area (Å²) in [7, 11) is 1.51. The van der Waals surface area contributed by atoms with Crippen LogP contribution in [0.3, 0.4) is 0 Å². The summed E-state index contributed by atoms with van der Waals surface area (Å²) in [4.78, 5) is 28.8. The molecule has 0 unspecified atom stereocenters. The Bertz CT molecular complexity index is 997. The third-order valence-corrected chi connectivity index (χ3v) is 5.51. The molecule has 0 saturated carbocycles. The van der Waals surface area contributed by atoms with Crippen molar-refractivity contribution in [3.63, 3.8) is 0 Å². The zero-order valence-electron chi connectivity index (χ0n) is 16.1. The van der Waals surface area contributed by atoms with Crippen molar-refractivity contribution >= 4 is 63.7 Å². The summed E-state index contributed by atoms with van der Waals surface area (Å²) in [5, 5.41) is 3.97. The highest BCUT2D eigenvalue weighted by Gasteiger charge is 2.43. The number of methoxy groups -OCH3 is 1. The molecule has 9 heteroatoms. The second-order valence-corrected chi connectivity index (χ2v) is 7.70. The molecule has 1 saturated heterocycles. The topological polar surface area (TPSA) is 61.9 Å². The van der Waals surface area contributed by atoms with E-state index in [0.29, 0.717) is 33.7 Å². The fraction of sp³-hybridized carbons (Fsp3) is 0.190. The van der Waals surface area contributed by atoms with Crippen LogP contribution in [0.5, 0.6) is 5.75 Å². The minimum absolute atomic E-state index is 0.0736. The molecule has 2 aromatic carbocycles. The molecule has 1 fully saturated rings. The van der Waals surface area contributed by atoms with E-state index < -0.39 is 6.04 Å². The largest absolute Gasteiger partial charge is 0.495 e. The van der Waals surface area contributed by atoms with Gasteiger partial charge in [-0.2, -0.15) is 0 Å². The van der Waals surface area contributed by atoms with Crippen LogP contribution in [0.4, 0.5) is 11.4 Å². The van der Waals surface area contributed by atoms with Crippen LogP contribution in [0, 0.1) is 0 Å². The first-order chi connectivity index (χ1) is 14.3. The number of thiocarbonyl (C=S) groups is 1. The number of carbonyl (C=O) groups is 2. The van der Waals surface area contributed by atoms with Gasteiger partial charge in [-0.25, -0.2) is 0 Å². The highest BCUT2D eigenvalue weighted by Crippen LogP contribution is 2.33. The maximum Gasteiger partial charge on any atom is 0.256 e. The molecular formula is C21H19Cl2N3O3S. The Hall–Kier alpha value is -2.61. The Morgan fingerprint density at radius 1 is 1.27 bits per heavy atom. The number of benzene rings is 2. The Balaban J connectivity index is 1.82. The van der Waals surface area contributed by atoms with Crippen molar-refractivity contribution in [3.05, 3.63) is 65.2 Å². The number of ether oxygens (including phenoxy) is 1. The van der Waals surface area contributed by atoms with E-state index in [1.807, 2.05) is 0 Å². The number of carbonyl (C=O) groups excluding carboxylic acids is 2. The molecule has 0 bridgehead atoms. The van der Waals surface area contributed by atoms with Crippen molar-refractivity contribution < 1.29 is 14.3 Å². The minimum atomic E-state index is -0.760. The molecule has 2 aromatic rings. The Morgan fingerprint density at radius 2 is 1.97 bits per heavy atom. The maximum atomic E-state index is 13.2. The summed E-state index contributed by atoms with van der Waals surface area (Å²) in [5.74, 6) is -0.142. The van der Waals surface area contributed by atoms with Gasteiger partial charge in [0, 0.05) is 17.3 Å². The lowest BCUT2D eigenvalue weighted by molar-refractivity contribution is -0.124. The molecule has 1 heterocycles. The van der Waals surface area contributed by atoms with Gasteiger partial charge in [0.2, 0.25) is 5.91 Å². The third kappa shape index (κ3) is 4.59. The average Bonchev–Trinajstić information content (AvgIpc) is 2.94. The molecular weight excluding hydrogens is 445 g/mol. The molecule has 0 radical (unpaired) electrons. The van der Waals surface area contributed by atoms with Crippen LogP contribution in [-0.4, -0.2) is 41.5 Å². The standard InChI is InChI=1S/C21H19Cl2N3O3S/c1-3-10-25-17(12-19(27)24-14-6-4-13(22)5-7-14)20(28)26(21(25)30)15-8-9-18(29-2)16(23)11-15/h3-9,11,17H,1,10,12H2,2H3,(H,24,27)/t17-/m0/s1. The van der Waals surface area contributed by atoms with Crippen LogP contribution in [0.1, 0.15) is 6.42 Å². The molecule has 0 aromatic heterocycles. The van der Waals surface area contributed by atoms with Crippen LogP contribution in [0.25, 0.3) is 0 Å². The predicted octanol–water partition coefficient (Wildman–Crippen LogP) is 4.52. The van der Waals surface area contributed by atoms with E-state index in [0.717, 1.165) is 0 Å². The average molecular weight is 464 g/mol. The van der Waals surface area contributed by atoms with Crippen LogP contribution in [-0.2, 0) is 9.59 Å². The molecule has 156 valence electrons. The van der Waals surface area contributed by atoms with E-state index in [1.165, 1.54) is 12.0 Å². The quantitative estimate of drug-likeness (QED) is 0.483. The number of anilines is 2. The molecule has 3 rings (SSSR count). The maximum absolute atomic E-state index is 13.2. The lowest BCUT2D eigenvalue weighted by atomic mass is 10.1. The van der Waals surface area contributed by atoms with Gasteiger partial charge in [0.1, 0.15) is 11.8 Å². The Kier molecular flexibility index (Phi) is 6.97. The van der Waals surface area contributed by atoms with Crippen molar-refractivity contribution in [2.75, 3.05) is 23.9 Å². The second-order valence-electron chi connectivity index (χ2n) is 6.49. The fourth-order valence-corrected chi connectivity index (χ4v) is 3.91. The zero-order chi connectivity index (χ0) is 21.8. The van der Waals surface area contributed by atoms with Crippen molar-refractivity contribution in [1.29, 1.82) is 0 Å². The molecule has 30 heavy (non-hydrogen) atoms. The van der Waals surface area contributed by atoms with Crippen molar-refractivity contribution in [2.45, 2.75) is 12.5 Å². The molecule has 2 amide bonds. The normalized spacial score (nSPS) is 16.0. The summed E-state index contributed by atoms with van der Waals surface area (Å²) in [6.07, 6.45) is 1.56. The van der Waals surface area contributed by atoms with Crippen LogP contribution < -0.4 is 15.0 Å². The highest BCUT2D eigenvalue weighted by molar-refractivity contribution is 7.80. The van der Waals surface area contributed by atoms with Gasteiger partial charge in [-0.1, -0.05) is 29.3 Å². The van der Waals surface area contributed by atoms with Gasteiger partial charge in [-0.3, -0.25) is 14.5 Å². The molecule has 1 atom stereocenters. The first kappa shape index (κ1) is 22.1. The monoisotopic (exact) mass is 463 g/mol. The Morgan fingerprint density at radius 3 is 2.57 bits per heavy atom. The smallest absolute Gasteiger partial charge is 0.256 e. The number of halogens is 2. The van der Waals surface area contributed by atoms with Gasteiger partial charge in [-0.15, -0.1) is 6.58 Å². The third-order valence-electron chi connectivity index (χ3n) is 4.54. The van der Waals surface area contributed by atoms with E-state index in [4.69, 9.17) is 40.2 Å². The summed E-state index contributed by atoms with van der Waals surface area (Å²) >= 11 is 17.6. The van der Waals surface area contributed by atoms with Crippen LogP contribution in [0.15, 0.2) is 55.1 Å². The zero-order valence-corrected chi connectivity index (χ0v) is 18.4. The molecule has 0 spiro atoms. The van der Waals surface area contributed by atoms with Gasteiger partial charge < -0.3 is 15.0 Å². The summed E-state index contributed by atoms with van der Waals surface area (Å²) in [6.45, 7) is 4.05. The van der Waals surface area contributed by atoms with Crippen LogP contribution in [0.2, 0.25) is 10.0 Å². The number of hydrogen-bond acceptors (Lipinski definition) is 4. The summed E-state index contributed by atoms with van der Waals surface area (Å²) in [6, 6.07) is 10.9. The lowest BCUT2D eigenvalue weighted by Gasteiger charge is -2.22. The molecule has 1 N–H and O–H groups in total. The first-order valence-corrected chi connectivity index (χ1v) is 10.2. The molecule has 0 aliphatic carbocycles. The SMILES string of the molecule is C=CCN1C(=S)N(c2ccc(OC)c(Cl)c2)C(=O)[C@@H]1CC(=O)Nc1ccc(Cl)cc1. The minimum Gasteiger partial charge on any atom is -0.495 e. The van der Waals surface area contributed by atoms with E-state index >= 15 is 0 Å². The van der Waals surface area contributed by atoms with Gasteiger partial charge in [0.25, 0.3) is 5.91 Å².